The topological polar surface area (TPSA) is 114 Å². The first-order chi connectivity index (χ1) is 7.94. The second kappa shape index (κ2) is 5.60. The van der Waals surface area contributed by atoms with Crippen LogP contribution in [0.25, 0.3) is 0 Å². The highest BCUT2D eigenvalue weighted by Crippen LogP contribution is 2.08. The Morgan fingerprint density at radius 3 is 2.82 bits per heavy atom. The van der Waals surface area contributed by atoms with E-state index in [0.29, 0.717) is 0 Å². The Kier molecular flexibility index (Phi) is 4.41. The largest absolute Gasteiger partial charge is 0.351 e. The normalized spacial score (nSPS) is 10.9. The van der Waals surface area contributed by atoms with Crippen LogP contribution in [0.5, 0.6) is 0 Å². The predicted octanol–water partition coefficient (Wildman–Crippen LogP) is -0.858. The molecule has 0 radical (unpaired) electrons. The smallest absolute Gasteiger partial charge is 0.255 e. The van der Waals surface area contributed by atoms with Crippen molar-refractivity contribution in [2.75, 3.05) is 24.0 Å². The van der Waals surface area contributed by atoms with Crippen LogP contribution in [-0.4, -0.2) is 37.9 Å². The second-order valence-electron chi connectivity index (χ2n) is 3.43. The van der Waals surface area contributed by atoms with Crippen LogP contribution in [0, 0.1) is 0 Å². The van der Waals surface area contributed by atoms with Gasteiger partial charge in [0.15, 0.2) is 5.82 Å². The Hall–Kier alpha value is -1.67. The lowest BCUT2D eigenvalue weighted by atomic mass is 10.2. The van der Waals surface area contributed by atoms with Crippen LogP contribution in [0.2, 0.25) is 0 Å². The molecule has 0 spiro atoms. The fourth-order valence-corrected chi connectivity index (χ4v) is 1.62. The zero-order chi connectivity index (χ0) is 12.9. The number of hydrogen-bond donors (Lipinski definition) is 3. The van der Waals surface area contributed by atoms with Gasteiger partial charge in [-0.3, -0.25) is 4.79 Å². The quantitative estimate of drug-likeness (QED) is 0.468. The van der Waals surface area contributed by atoms with E-state index in [1.54, 1.807) is 6.07 Å². The van der Waals surface area contributed by atoms with Gasteiger partial charge in [-0.1, -0.05) is 0 Å². The van der Waals surface area contributed by atoms with Gasteiger partial charge in [-0.05, 0) is 12.1 Å². The minimum atomic E-state index is -3.09. The Morgan fingerprint density at radius 1 is 1.53 bits per heavy atom. The summed E-state index contributed by atoms with van der Waals surface area (Å²) in [6, 6.07) is 3.13. The molecule has 7 nitrogen and oxygen atoms in total. The summed E-state index contributed by atoms with van der Waals surface area (Å²) in [7, 11) is -3.09. The van der Waals surface area contributed by atoms with Gasteiger partial charge in [0.05, 0.1) is 11.3 Å². The summed E-state index contributed by atoms with van der Waals surface area (Å²) < 4.78 is 21.8. The maximum atomic E-state index is 11.7. The Morgan fingerprint density at radius 2 is 2.24 bits per heavy atom. The molecule has 1 heterocycles. The van der Waals surface area contributed by atoms with E-state index in [0.717, 1.165) is 6.26 Å². The molecular formula is C9H14N4O3S. The summed E-state index contributed by atoms with van der Waals surface area (Å²) in [6.07, 6.45) is 2.60. The van der Waals surface area contributed by atoms with E-state index in [9.17, 15) is 13.2 Å². The van der Waals surface area contributed by atoms with Gasteiger partial charge in [0, 0.05) is 19.0 Å². The molecule has 0 aromatic carbocycles. The standard InChI is InChI=1S/C9H14N4O3S/c1-17(15,16)6-5-12-9(14)7-3-2-4-11-8(7)13-10/h2-4H,5-6,10H2,1H3,(H,11,13)(H,12,14). The number of hydrogen-bond acceptors (Lipinski definition) is 6. The monoisotopic (exact) mass is 258 g/mol. The van der Waals surface area contributed by atoms with Crippen molar-refractivity contribution >= 4 is 21.6 Å². The van der Waals surface area contributed by atoms with E-state index in [1.807, 2.05) is 0 Å². The van der Waals surface area contributed by atoms with Crippen molar-refractivity contribution in [3.8, 4) is 0 Å². The lowest BCUT2D eigenvalue weighted by molar-refractivity contribution is 0.0956. The van der Waals surface area contributed by atoms with Crippen LogP contribution < -0.4 is 16.6 Å². The lowest BCUT2D eigenvalue weighted by Gasteiger charge is -2.07. The minimum absolute atomic E-state index is 0.0522. The highest BCUT2D eigenvalue weighted by molar-refractivity contribution is 7.90. The summed E-state index contributed by atoms with van der Waals surface area (Å²) in [4.78, 5) is 15.5. The van der Waals surface area contributed by atoms with E-state index in [2.05, 4.69) is 15.7 Å². The van der Waals surface area contributed by atoms with E-state index < -0.39 is 15.7 Å². The highest BCUT2D eigenvalue weighted by atomic mass is 32.2. The molecule has 0 saturated heterocycles. The molecule has 1 amide bonds. The summed E-state index contributed by atoms with van der Waals surface area (Å²) >= 11 is 0. The molecule has 1 rings (SSSR count). The van der Waals surface area contributed by atoms with Crippen LogP contribution in [0.4, 0.5) is 5.82 Å². The Labute approximate surface area is 99.3 Å². The molecule has 0 aliphatic rings. The third-order valence-corrected chi connectivity index (χ3v) is 2.89. The van der Waals surface area contributed by atoms with Crippen LogP contribution in [0.3, 0.4) is 0 Å². The van der Waals surface area contributed by atoms with Crippen LogP contribution in [-0.2, 0) is 9.84 Å². The van der Waals surface area contributed by atoms with Gasteiger partial charge in [-0.25, -0.2) is 19.2 Å². The van der Waals surface area contributed by atoms with E-state index in [-0.39, 0.29) is 23.7 Å². The Bertz CT molecular complexity index is 501. The average molecular weight is 258 g/mol. The zero-order valence-corrected chi connectivity index (χ0v) is 10.1. The van der Waals surface area contributed by atoms with Crippen molar-refractivity contribution < 1.29 is 13.2 Å². The molecule has 0 saturated carbocycles. The van der Waals surface area contributed by atoms with Gasteiger partial charge in [0.1, 0.15) is 9.84 Å². The number of carbonyl (C=O) groups is 1. The van der Waals surface area contributed by atoms with Gasteiger partial charge < -0.3 is 10.7 Å². The highest BCUT2D eigenvalue weighted by Gasteiger charge is 2.11. The van der Waals surface area contributed by atoms with Crippen LogP contribution >= 0.6 is 0 Å². The van der Waals surface area contributed by atoms with Gasteiger partial charge >= 0.3 is 0 Å². The van der Waals surface area contributed by atoms with Crippen molar-refractivity contribution in [1.29, 1.82) is 0 Å². The first-order valence-corrected chi connectivity index (χ1v) is 6.87. The molecule has 8 heteroatoms. The van der Waals surface area contributed by atoms with Crippen molar-refractivity contribution in [2.45, 2.75) is 0 Å². The second-order valence-corrected chi connectivity index (χ2v) is 5.69. The SMILES string of the molecule is CS(=O)(=O)CCNC(=O)c1cccnc1NN. The third kappa shape index (κ3) is 4.37. The molecule has 1 aromatic heterocycles. The number of nitrogens with one attached hydrogen (secondary N) is 2. The number of sulfone groups is 1. The number of nitrogens with two attached hydrogens (primary N) is 1. The number of anilines is 1. The molecule has 1 aromatic rings. The first kappa shape index (κ1) is 13.4. The summed E-state index contributed by atoms with van der Waals surface area (Å²) in [5.41, 5.74) is 2.56. The predicted molar refractivity (Wildman–Crippen MR) is 64.1 cm³/mol. The third-order valence-electron chi connectivity index (χ3n) is 1.95. The van der Waals surface area contributed by atoms with Gasteiger partial charge in [0.2, 0.25) is 0 Å². The molecule has 4 N–H and O–H groups in total. The number of rotatable bonds is 5. The Balaban J connectivity index is 2.64. The average Bonchev–Trinajstić information content (AvgIpc) is 2.27. The molecule has 0 unspecified atom stereocenters. The van der Waals surface area contributed by atoms with E-state index in [1.165, 1.54) is 12.3 Å². The number of amides is 1. The molecule has 0 aliphatic heterocycles. The number of aromatic nitrogens is 1. The maximum Gasteiger partial charge on any atom is 0.255 e. The van der Waals surface area contributed by atoms with E-state index >= 15 is 0 Å². The molecule has 17 heavy (non-hydrogen) atoms. The fraction of sp³-hybridized carbons (Fsp3) is 0.333. The fourth-order valence-electron chi connectivity index (χ4n) is 1.15. The first-order valence-electron chi connectivity index (χ1n) is 4.81. The number of carbonyl (C=O) groups excluding carboxylic acids is 1. The van der Waals surface area contributed by atoms with Crippen molar-refractivity contribution in [2.24, 2.45) is 5.84 Å². The summed E-state index contributed by atoms with van der Waals surface area (Å²) in [5.74, 6) is 4.91. The number of nitrogens with zero attached hydrogens (tertiary/aromatic N) is 1. The van der Waals surface area contributed by atoms with Crippen molar-refractivity contribution in [1.82, 2.24) is 10.3 Å². The number of pyridine rings is 1. The zero-order valence-electron chi connectivity index (χ0n) is 9.30. The van der Waals surface area contributed by atoms with Gasteiger partial charge in [-0.15, -0.1) is 0 Å². The molecule has 0 aliphatic carbocycles. The van der Waals surface area contributed by atoms with Crippen LogP contribution in [0.1, 0.15) is 10.4 Å². The minimum Gasteiger partial charge on any atom is -0.351 e. The van der Waals surface area contributed by atoms with Gasteiger partial charge in [-0.2, -0.15) is 0 Å². The van der Waals surface area contributed by atoms with E-state index in [4.69, 9.17) is 5.84 Å². The number of hydrazine groups is 1. The summed E-state index contributed by atoms with van der Waals surface area (Å²) in [6.45, 7) is 0.0522. The van der Waals surface area contributed by atoms with Gasteiger partial charge in [0.25, 0.3) is 5.91 Å². The molecule has 0 bridgehead atoms. The van der Waals surface area contributed by atoms with Crippen molar-refractivity contribution in [3.05, 3.63) is 23.9 Å². The number of nitrogen functional groups attached to an aromatic ring is 1. The molecular weight excluding hydrogens is 244 g/mol. The molecule has 0 atom stereocenters. The van der Waals surface area contributed by atoms with Crippen LogP contribution in [0.15, 0.2) is 18.3 Å². The molecule has 0 fully saturated rings. The van der Waals surface area contributed by atoms with Crippen molar-refractivity contribution in [3.63, 3.8) is 0 Å². The summed E-state index contributed by atoms with van der Waals surface area (Å²) in [5, 5.41) is 2.48. The maximum absolute atomic E-state index is 11.7. The lowest BCUT2D eigenvalue weighted by Crippen LogP contribution is -2.30. The molecule has 94 valence electrons.